The first-order chi connectivity index (χ1) is 7.67. The molecule has 0 fully saturated rings. The lowest BCUT2D eigenvalue weighted by Gasteiger charge is -2.14. The van der Waals surface area contributed by atoms with Gasteiger partial charge in [0, 0.05) is 11.7 Å². The molecule has 16 heavy (non-hydrogen) atoms. The third-order valence-electron chi connectivity index (χ3n) is 2.26. The summed E-state index contributed by atoms with van der Waals surface area (Å²) in [7, 11) is 0. The molecule has 0 aromatic heterocycles. The molecule has 0 amide bonds. The molecule has 0 saturated carbocycles. The Hall–Kier alpha value is -1.21. The zero-order chi connectivity index (χ0) is 12.0. The molecular formula is C12H15FN2S. The number of nitriles is 1. The van der Waals surface area contributed by atoms with Crippen LogP contribution in [0, 0.1) is 17.1 Å². The molecule has 0 radical (unpaired) electrons. The van der Waals surface area contributed by atoms with E-state index in [0.717, 1.165) is 17.9 Å². The minimum atomic E-state index is -0.468. The largest absolute Gasteiger partial charge is 0.382 e. The van der Waals surface area contributed by atoms with Crippen LogP contribution in [0.1, 0.15) is 18.9 Å². The Morgan fingerprint density at radius 1 is 1.56 bits per heavy atom. The van der Waals surface area contributed by atoms with Crippen molar-refractivity contribution in [3.63, 3.8) is 0 Å². The van der Waals surface area contributed by atoms with E-state index in [1.807, 2.05) is 0 Å². The van der Waals surface area contributed by atoms with Crippen LogP contribution < -0.4 is 5.32 Å². The Bertz CT molecular complexity index is 387. The lowest BCUT2D eigenvalue weighted by molar-refractivity contribution is 0.623. The number of hydrogen-bond acceptors (Lipinski definition) is 3. The summed E-state index contributed by atoms with van der Waals surface area (Å²) in [5, 5.41) is 11.8. The topological polar surface area (TPSA) is 35.8 Å². The second-order valence-electron chi connectivity index (χ2n) is 3.63. The normalized spacial score (nSPS) is 11.9. The monoisotopic (exact) mass is 238 g/mol. The van der Waals surface area contributed by atoms with Gasteiger partial charge in [0.1, 0.15) is 11.9 Å². The van der Waals surface area contributed by atoms with Gasteiger partial charge in [0.2, 0.25) is 0 Å². The van der Waals surface area contributed by atoms with Crippen LogP contribution in [0.5, 0.6) is 0 Å². The fourth-order valence-electron chi connectivity index (χ4n) is 1.35. The van der Waals surface area contributed by atoms with Crippen LogP contribution in [0.3, 0.4) is 0 Å². The van der Waals surface area contributed by atoms with Gasteiger partial charge in [-0.1, -0.05) is 0 Å². The van der Waals surface area contributed by atoms with Crippen molar-refractivity contribution in [1.82, 2.24) is 0 Å². The molecule has 2 nitrogen and oxygen atoms in total. The molecule has 86 valence electrons. The minimum Gasteiger partial charge on any atom is -0.382 e. The van der Waals surface area contributed by atoms with Gasteiger partial charge in [-0.2, -0.15) is 17.0 Å². The molecule has 1 aromatic rings. The number of hydrogen-bond donors (Lipinski definition) is 1. The molecule has 1 unspecified atom stereocenters. The smallest absolute Gasteiger partial charge is 0.143 e. The van der Waals surface area contributed by atoms with E-state index in [1.54, 1.807) is 23.9 Å². The molecule has 0 spiro atoms. The quantitative estimate of drug-likeness (QED) is 0.855. The summed E-state index contributed by atoms with van der Waals surface area (Å²) >= 11 is 1.79. The summed E-state index contributed by atoms with van der Waals surface area (Å²) in [4.78, 5) is 0. The highest BCUT2D eigenvalue weighted by Crippen LogP contribution is 2.15. The number of nitrogens with zero attached hydrogens (tertiary/aromatic N) is 1. The van der Waals surface area contributed by atoms with Crippen molar-refractivity contribution < 1.29 is 4.39 Å². The van der Waals surface area contributed by atoms with Crippen LogP contribution in [-0.4, -0.2) is 18.1 Å². The molecular weight excluding hydrogens is 223 g/mol. The molecule has 0 heterocycles. The van der Waals surface area contributed by atoms with E-state index in [0.29, 0.717) is 6.04 Å². The fourth-order valence-corrected chi connectivity index (χ4v) is 1.94. The van der Waals surface area contributed by atoms with Crippen molar-refractivity contribution in [3.8, 4) is 6.07 Å². The number of halogens is 1. The molecule has 1 rings (SSSR count). The highest BCUT2D eigenvalue weighted by Gasteiger charge is 2.05. The van der Waals surface area contributed by atoms with Gasteiger partial charge in [0.25, 0.3) is 0 Å². The van der Waals surface area contributed by atoms with Crippen LogP contribution in [0.2, 0.25) is 0 Å². The Labute approximate surface area is 99.9 Å². The maximum atomic E-state index is 13.3. The SMILES string of the molecule is CSCCC(C)Nc1ccc(C#N)c(F)c1. The molecule has 0 aliphatic rings. The molecule has 1 aromatic carbocycles. The van der Waals surface area contributed by atoms with E-state index in [-0.39, 0.29) is 5.56 Å². The molecule has 0 aliphatic heterocycles. The van der Waals surface area contributed by atoms with E-state index in [1.165, 1.54) is 12.1 Å². The predicted octanol–water partition coefficient (Wildman–Crippen LogP) is 3.25. The molecule has 1 atom stereocenters. The van der Waals surface area contributed by atoms with Gasteiger partial charge in [-0.25, -0.2) is 4.39 Å². The number of thioether (sulfide) groups is 1. The van der Waals surface area contributed by atoms with Gasteiger partial charge >= 0.3 is 0 Å². The molecule has 0 aliphatic carbocycles. The molecule has 0 saturated heterocycles. The number of rotatable bonds is 5. The summed E-state index contributed by atoms with van der Waals surface area (Å²) in [6, 6.07) is 6.71. The third-order valence-corrected chi connectivity index (χ3v) is 2.90. The molecule has 1 N–H and O–H groups in total. The fraction of sp³-hybridized carbons (Fsp3) is 0.417. The zero-order valence-corrected chi connectivity index (χ0v) is 10.3. The predicted molar refractivity (Wildman–Crippen MR) is 67.2 cm³/mol. The van der Waals surface area contributed by atoms with Crippen LogP contribution in [0.25, 0.3) is 0 Å². The Kier molecular flexibility index (Phi) is 5.13. The second-order valence-corrected chi connectivity index (χ2v) is 4.62. The van der Waals surface area contributed by atoms with Gasteiger partial charge in [0.15, 0.2) is 0 Å². The second kappa shape index (κ2) is 6.39. The molecule has 4 heteroatoms. The van der Waals surface area contributed by atoms with Crippen LogP contribution >= 0.6 is 11.8 Å². The van der Waals surface area contributed by atoms with Crippen LogP contribution in [-0.2, 0) is 0 Å². The van der Waals surface area contributed by atoms with Crippen molar-refractivity contribution in [1.29, 1.82) is 5.26 Å². The van der Waals surface area contributed by atoms with E-state index in [4.69, 9.17) is 5.26 Å². The van der Waals surface area contributed by atoms with Crippen molar-refractivity contribution in [3.05, 3.63) is 29.6 Å². The van der Waals surface area contributed by atoms with E-state index >= 15 is 0 Å². The highest BCUT2D eigenvalue weighted by molar-refractivity contribution is 7.98. The first kappa shape index (κ1) is 12.9. The lowest BCUT2D eigenvalue weighted by atomic mass is 10.2. The van der Waals surface area contributed by atoms with Gasteiger partial charge < -0.3 is 5.32 Å². The van der Waals surface area contributed by atoms with Gasteiger partial charge in [-0.05, 0) is 43.6 Å². The number of benzene rings is 1. The number of nitrogens with one attached hydrogen (secondary N) is 1. The van der Waals surface area contributed by atoms with Crippen LogP contribution in [0.4, 0.5) is 10.1 Å². The Morgan fingerprint density at radius 3 is 2.88 bits per heavy atom. The average Bonchev–Trinajstić information content (AvgIpc) is 2.26. The maximum absolute atomic E-state index is 13.3. The number of anilines is 1. The van der Waals surface area contributed by atoms with Crippen molar-refractivity contribution >= 4 is 17.4 Å². The minimum absolute atomic E-state index is 0.0855. The maximum Gasteiger partial charge on any atom is 0.143 e. The summed E-state index contributed by atoms with van der Waals surface area (Å²) in [5.74, 6) is 0.608. The van der Waals surface area contributed by atoms with Crippen molar-refractivity contribution in [2.24, 2.45) is 0 Å². The average molecular weight is 238 g/mol. The van der Waals surface area contributed by atoms with Crippen molar-refractivity contribution in [2.45, 2.75) is 19.4 Å². The molecule has 0 bridgehead atoms. The van der Waals surface area contributed by atoms with Gasteiger partial charge in [-0.3, -0.25) is 0 Å². The van der Waals surface area contributed by atoms with Gasteiger partial charge in [0.05, 0.1) is 5.56 Å². The third kappa shape index (κ3) is 3.74. The summed E-state index contributed by atoms with van der Waals surface area (Å²) in [6.45, 7) is 2.06. The lowest BCUT2D eigenvalue weighted by Crippen LogP contribution is -2.16. The van der Waals surface area contributed by atoms with Gasteiger partial charge in [-0.15, -0.1) is 0 Å². The Balaban J connectivity index is 2.61. The standard InChI is InChI=1S/C12H15FN2S/c1-9(5-6-16-2)15-11-4-3-10(8-14)12(13)7-11/h3-4,7,9,15H,5-6H2,1-2H3. The summed E-state index contributed by atoms with van der Waals surface area (Å²) in [6.07, 6.45) is 3.09. The summed E-state index contributed by atoms with van der Waals surface area (Å²) < 4.78 is 13.3. The highest BCUT2D eigenvalue weighted by atomic mass is 32.2. The first-order valence-electron chi connectivity index (χ1n) is 5.12. The van der Waals surface area contributed by atoms with E-state index < -0.39 is 5.82 Å². The first-order valence-corrected chi connectivity index (χ1v) is 6.52. The summed E-state index contributed by atoms with van der Waals surface area (Å²) in [5.41, 5.74) is 0.812. The Morgan fingerprint density at radius 2 is 2.31 bits per heavy atom. The van der Waals surface area contributed by atoms with Crippen molar-refractivity contribution in [2.75, 3.05) is 17.3 Å². The van der Waals surface area contributed by atoms with E-state index in [9.17, 15) is 4.39 Å². The van der Waals surface area contributed by atoms with Crippen LogP contribution in [0.15, 0.2) is 18.2 Å². The zero-order valence-electron chi connectivity index (χ0n) is 9.46. The van der Waals surface area contributed by atoms with E-state index in [2.05, 4.69) is 18.5 Å².